The first-order valence-corrected chi connectivity index (χ1v) is 10.7. The molecule has 0 radical (unpaired) electrons. The fourth-order valence-corrected chi connectivity index (χ4v) is 4.74. The van der Waals surface area contributed by atoms with Gasteiger partial charge in [-0.15, -0.1) is 0 Å². The second-order valence-corrected chi connectivity index (χ2v) is 9.00. The van der Waals surface area contributed by atoms with E-state index in [2.05, 4.69) is 5.32 Å². The smallest absolute Gasteiger partial charge is 0.346 e. The van der Waals surface area contributed by atoms with Gasteiger partial charge in [0.1, 0.15) is 0 Å². The van der Waals surface area contributed by atoms with Gasteiger partial charge in [0.15, 0.2) is 5.11 Å². The minimum atomic E-state index is -4.50. The van der Waals surface area contributed by atoms with Crippen LogP contribution >= 0.6 is 12.2 Å². The molecule has 0 aromatic heterocycles. The summed E-state index contributed by atoms with van der Waals surface area (Å²) in [4.78, 5) is 1.89. The molecule has 1 aliphatic heterocycles. The number of hydrogen-bond acceptors (Lipinski definition) is 3. The third-order valence-corrected chi connectivity index (χ3v) is 6.93. The summed E-state index contributed by atoms with van der Waals surface area (Å²) in [5, 5.41) is 2.78. The predicted octanol–water partition coefficient (Wildman–Crippen LogP) is 3.72. The van der Waals surface area contributed by atoms with E-state index in [0.717, 1.165) is 11.6 Å². The molecule has 1 aliphatic rings. The van der Waals surface area contributed by atoms with Crippen molar-refractivity contribution in [3.05, 3.63) is 59.7 Å². The molecule has 0 aliphatic carbocycles. The van der Waals surface area contributed by atoms with Crippen molar-refractivity contribution in [3.63, 3.8) is 0 Å². The maximum atomic E-state index is 13.1. The average molecular weight is 444 g/mol. The molecule has 5 nitrogen and oxygen atoms in total. The topological polar surface area (TPSA) is 52.7 Å². The van der Waals surface area contributed by atoms with Gasteiger partial charge in [0.05, 0.1) is 16.1 Å². The number of rotatable bonds is 3. The van der Waals surface area contributed by atoms with Crippen molar-refractivity contribution in [3.8, 4) is 0 Å². The van der Waals surface area contributed by atoms with Gasteiger partial charge in [0.25, 0.3) is 0 Å². The predicted molar refractivity (Wildman–Crippen MR) is 109 cm³/mol. The Kier molecular flexibility index (Phi) is 6.16. The van der Waals surface area contributed by atoms with Gasteiger partial charge in [-0.1, -0.05) is 29.8 Å². The Morgan fingerprint density at radius 1 is 1.00 bits per heavy atom. The van der Waals surface area contributed by atoms with Gasteiger partial charge in [-0.25, -0.2) is 8.42 Å². The second-order valence-electron chi connectivity index (χ2n) is 6.68. The van der Waals surface area contributed by atoms with Gasteiger partial charge in [0.2, 0.25) is 10.0 Å². The van der Waals surface area contributed by atoms with Crippen LogP contribution < -0.4 is 5.32 Å². The van der Waals surface area contributed by atoms with Crippen LogP contribution in [0.1, 0.15) is 11.1 Å². The number of alkyl halides is 3. The van der Waals surface area contributed by atoms with Gasteiger partial charge in [-0.3, -0.25) is 0 Å². The third-order valence-electron chi connectivity index (χ3n) is 4.66. The number of nitrogens with zero attached hydrogens (tertiary/aromatic N) is 2. The number of anilines is 1. The number of aryl methyl sites for hydroxylation is 1. The number of nitrogens with one attached hydrogen (secondary N) is 1. The molecule has 3 rings (SSSR count). The molecule has 0 spiro atoms. The first kappa shape index (κ1) is 21.5. The van der Waals surface area contributed by atoms with Crippen LogP contribution in [0.4, 0.5) is 18.9 Å². The lowest BCUT2D eigenvalue weighted by Gasteiger charge is -2.35. The Hall–Kier alpha value is -2.17. The van der Waals surface area contributed by atoms with Crippen molar-refractivity contribution < 1.29 is 21.6 Å². The molecule has 1 saturated heterocycles. The van der Waals surface area contributed by atoms with Crippen LogP contribution in [0, 0.1) is 6.92 Å². The second kappa shape index (κ2) is 8.29. The van der Waals surface area contributed by atoms with Crippen molar-refractivity contribution in [2.75, 3.05) is 31.5 Å². The molecule has 0 bridgehead atoms. The van der Waals surface area contributed by atoms with Crippen LogP contribution in [-0.2, 0) is 16.2 Å². The molecule has 29 heavy (non-hydrogen) atoms. The zero-order chi connectivity index (χ0) is 21.2. The summed E-state index contributed by atoms with van der Waals surface area (Å²) in [7, 11) is -3.62. The standard InChI is InChI=1S/C19H20F3N3O2S2/c1-14-6-8-15(9-7-14)29(26,27)25-12-10-24(11-13-25)18(28)23-17-5-3-2-4-16(17)19(20,21)22/h2-9H,10-13H2,1H3,(H,23,28). The zero-order valence-electron chi connectivity index (χ0n) is 15.6. The highest BCUT2D eigenvalue weighted by Gasteiger charge is 2.34. The number of benzene rings is 2. The van der Waals surface area contributed by atoms with Crippen LogP contribution in [0.15, 0.2) is 53.4 Å². The number of piperazine rings is 1. The largest absolute Gasteiger partial charge is 0.418 e. The van der Waals surface area contributed by atoms with Crippen LogP contribution in [-0.4, -0.2) is 48.9 Å². The van der Waals surface area contributed by atoms with E-state index in [4.69, 9.17) is 12.2 Å². The Balaban J connectivity index is 1.65. The maximum absolute atomic E-state index is 13.1. The van der Waals surface area contributed by atoms with E-state index in [9.17, 15) is 21.6 Å². The highest BCUT2D eigenvalue weighted by atomic mass is 32.2. The van der Waals surface area contributed by atoms with Gasteiger partial charge in [-0.05, 0) is 43.4 Å². The summed E-state index contributed by atoms with van der Waals surface area (Å²) in [6.07, 6.45) is -4.50. The van der Waals surface area contributed by atoms with Crippen molar-refractivity contribution in [2.24, 2.45) is 0 Å². The lowest BCUT2D eigenvalue weighted by Crippen LogP contribution is -2.51. The summed E-state index contributed by atoms with van der Waals surface area (Å²) < 4.78 is 66.3. The van der Waals surface area contributed by atoms with Gasteiger partial charge in [-0.2, -0.15) is 17.5 Å². The number of thiocarbonyl (C=S) groups is 1. The lowest BCUT2D eigenvalue weighted by molar-refractivity contribution is -0.136. The molecule has 2 aromatic rings. The number of halogens is 3. The van der Waals surface area contributed by atoms with Crippen LogP contribution in [0.25, 0.3) is 0 Å². The SMILES string of the molecule is Cc1ccc(S(=O)(=O)N2CCN(C(=S)Nc3ccccc3C(F)(F)F)CC2)cc1. The summed E-state index contributed by atoms with van der Waals surface area (Å²) in [5.74, 6) is 0. The molecule has 1 heterocycles. The number of hydrogen-bond donors (Lipinski definition) is 1. The van der Waals surface area contributed by atoms with Gasteiger partial charge in [0, 0.05) is 26.2 Å². The quantitative estimate of drug-likeness (QED) is 0.733. The number of sulfonamides is 1. The molecule has 156 valence electrons. The Morgan fingerprint density at radius 3 is 2.17 bits per heavy atom. The molecule has 0 atom stereocenters. The third kappa shape index (κ3) is 4.88. The normalized spacial score (nSPS) is 15.9. The zero-order valence-corrected chi connectivity index (χ0v) is 17.2. The fraction of sp³-hybridized carbons (Fsp3) is 0.316. The summed E-state index contributed by atoms with van der Waals surface area (Å²) in [5.41, 5.74) is 0.0342. The summed E-state index contributed by atoms with van der Waals surface area (Å²) >= 11 is 5.26. The van der Waals surface area contributed by atoms with Gasteiger partial charge >= 0.3 is 6.18 Å². The number of para-hydroxylation sites is 1. The molecular formula is C19H20F3N3O2S2. The van der Waals surface area contributed by atoms with E-state index < -0.39 is 21.8 Å². The summed E-state index contributed by atoms with van der Waals surface area (Å²) in [6, 6.07) is 11.7. The highest BCUT2D eigenvalue weighted by molar-refractivity contribution is 7.89. The first-order chi connectivity index (χ1) is 13.6. The molecule has 0 amide bonds. The van der Waals surface area contributed by atoms with E-state index in [-0.39, 0.29) is 41.9 Å². The monoisotopic (exact) mass is 443 g/mol. The lowest BCUT2D eigenvalue weighted by atomic mass is 10.1. The Bertz CT molecular complexity index is 985. The van der Waals surface area contributed by atoms with Crippen LogP contribution in [0.3, 0.4) is 0 Å². The van der Waals surface area contributed by atoms with Crippen molar-refractivity contribution in [2.45, 2.75) is 18.0 Å². The van der Waals surface area contributed by atoms with E-state index in [1.165, 1.54) is 22.5 Å². The van der Waals surface area contributed by atoms with Crippen molar-refractivity contribution in [1.82, 2.24) is 9.21 Å². The van der Waals surface area contributed by atoms with Gasteiger partial charge < -0.3 is 10.2 Å². The average Bonchev–Trinajstić information content (AvgIpc) is 2.68. The van der Waals surface area contributed by atoms with E-state index >= 15 is 0 Å². The van der Waals surface area contributed by atoms with Crippen molar-refractivity contribution in [1.29, 1.82) is 0 Å². The molecule has 0 saturated carbocycles. The molecule has 10 heteroatoms. The fourth-order valence-electron chi connectivity index (χ4n) is 3.02. The van der Waals surface area contributed by atoms with E-state index in [1.807, 2.05) is 6.92 Å². The minimum Gasteiger partial charge on any atom is -0.346 e. The molecule has 1 N–H and O–H groups in total. The van der Waals surface area contributed by atoms with Crippen LogP contribution in [0.2, 0.25) is 0 Å². The highest BCUT2D eigenvalue weighted by Crippen LogP contribution is 2.34. The molecule has 1 fully saturated rings. The van der Waals surface area contributed by atoms with Crippen molar-refractivity contribution >= 4 is 33.0 Å². The Morgan fingerprint density at radius 2 is 1.59 bits per heavy atom. The molecule has 2 aromatic carbocycles. The van der Waals surface area contributed by atoms with E-state index in [1.54, 1.807) is 29.2 Å². The summed E-state index contributed by atoms with van der Waals surface area (Å²) in [6.45, 7) is 2.83. The van der Waals surface area contributed by atoms with Crippen LogP contribution in [0.5, 0.6) is 0 Å². The molecular weight excluding hydrogens is 423 g/mol. The Labute approximate surface area is 173 Å². The van der Waals surface area contributed by atoms with E-state index in [0.29, 0.717) is 0 Å². The molecule has 0 unspecified atom stereocenters. The first-order valence-electron chi connectivity index (χ1n) is 8.88. The minimum absolute atomic E-state index is 0.125. The maximum Gasteiger partial charge on any atom is 0.418 e.